The fourth-order valence-corrected chi connectivity index (χ4v) is 2.92. The molecular formula is C22H22N2O3. The minimum absolute atomic E-state index is 0.143. The SMILES string of the molecule is C=CCN(Cc1ccc(OC)c(OC)c1)C(=O)c1ccc2ccccc2n1. The second-order valence-electron chi connectivity index (χ2n) is 6.05. The van der Waals surface area contributed by atoms with Crippen LogP contribution in [-0.4, -0.2) is 36.6 Å². The van der Waals surface area contributed by atoms with E-state index in [4.69, 9.17) is 9.47 Å². The second-order valence-corrected chi connectivity index (χ2v) is 6.05. The number of benzene rings is 2. The number of pyridine rings is 1. The van der Waals surface area contributed by atoms with Crippen molar-refractivity contribution < 1.29 is 14.3 Å². The Labute approximate surface area is 158 Å². The number of fused-ring (bicyclic) bond motifs is 1. The molecule has 0 N–H and O–H groups in total. The number of carbonyl (C=O) groups is 1. The van der Waals surface area contributed by atoms with Crippen molar-refractivity contribution in [1.29, 1.82) is 0 Å². The first-order valence-corrected chi connectivity index (χ1v) is 8.63. The lowest BCUT2D eigenvalue weighted by atomic mass is 10.1. The number of para-hydroxylation sites is 1. The second kappa shape index (κ2) is 8.36. The van der Waals surface area contributed by atoms with Gasteiger partial charge in [0.1, 0.15) is 5.69 Å². The Morgan fingerprint density at radius 3 is 2.59 bits per heavy atom. The van der Waals surface area contributed by atoms with Gasteiger partial charge in [-0.3, -0.25) is 4.79 Å². The Hall–Kier alpha value is -3.34. The standard InChI is InChI=1S/C22H22N2O3/c1-4-13-24(15-16-9-12-20(26-2)21(14-16)27-3)22(25)19-11-10-17-7-5-6-8-18(17)23-19/h4-12,14H,1,13,15H2,2-3H3. The maximum Gasteiger partial charge on any atom is 0.273 e. The van der Waals surface area contributed by atoms with Gasteiger partial charge in [0.2, 0.25) is 0 Å². The molecule has 0 aliphatic rings. The summed E-state index contributed by atoms with van der Waals surface area (Å²) in [6, 6.07) is 17.0. The Morgan fingerprint density at radius 1 is 1.07 bits per heavy atom. The fourth-order valence-electron chi connectivity index (χ4n) is 2.92. The van der Waals surface area contributed by atoms with Gasteiger partial charge in [0.15, 0.2) is 11.5 Å². The van der Waals surface area contributed by atoms with E-state index in [1.807, 2.05) is 48.5 Å². The molecule has 0 atom stereocenters. The molecule has 5 heteroatoms. The van der Waals surface area contributed by atoms with Crippen molar-refractivity contribution in [2.75, 3.05) is 20.8 Å². The van der Waals surface area contributed by atoms with E-state index < -0.39 is 0 Å². The highest BCUT2D eigenvalue weighted by molar-refractivity contribution is 5.95. The third-order valence-electron chi connectivity index (χ3n) is 4.28. The third kappa shape index (κ3) is 4.08. The van der Waals surface area contributed by atoms with E-state index in [-0.39, 0.29) is 5.91 Å². The normalized spacial score (nSPS) is 10.4. The minimum atomic E-state index is -0.143. The summed E-state index contributed by atoms with van der Waals surface area (Å²) in [5.74, 6) is 1.14. The molecule has 0 radical (unpaired) electrons. The van der Waals surface area contributed by atoms with E-state index in [2.05, 4.69) is 11.6 Å². The van der Waals surface area contributed by atoms with Crippen LogP contribution in [0.3, 0.4) is 0 Å². The molecule has 0 saturated carbocycles. The predicted molar refractivity (Wildman–Crippen MR) is 106 cm³/mol. The summed E-state index contributed by atoms with van der Waals surface area (Å²) >= 11 is 0. The number of aromatic nitrogens is 1. The Morgan fingerprint density at radius 2 is 1.85 bits per heavy atom. The highest BCUT2D eigenvalue weighted by Gasteiger charge is 2.17. The molecule has 2 aromatic carbocycles. The number of ether oxygens (including phenoxy) is 2. The molecule has 5 nitrogen and oxygen atoms in total. The van der Waals surface area contributed by atoms with Crippen LogP contribution in [0.1, 0.15) is 16.1 Å². The first-order chi connectivity index (χ1) is 13.2. The molecule has 3 rings (SSSR count). The van der Waals surface area contributed by atoms with Crippen molar-refractivity contribution in [3.63, 3.8) is 0 Å². The average molecular weight is 362 g/mol. The topological polar surface area (TPSA) is 51.7 Å². The summed E-state index contributed by atoms with van der Waals surface area (Å²) in [5.41, 5.74) is 2.15. The largest absolute Gasteiger partial charge is 0.493 e. The van der Waals surface area contributed by atoms with Crippen molar-refractivity contribution in [2.24, 2.45) is 0 Å². The van der Waals surface area contributed by atoms with E-state index in [0.29, 0.717) is 30.3 Å². The number of amides is 1. The first-order valence-electron chi connectivity index (χ1n) is 8.63. The number of hydrogen-bond acceptors (Lipinski definition) is 4. The lowest BCUT2D eigenvalue weighted by molar-refractivity contribution is 0.0757. The zero-order valence-electron chi connectivity index (χ0n) is 15.5. The average Bonchev–Trinajstić information content (AvgIpc) is 2.72. The maximum absolute atomic E-state index is 13.0. The van der Waals surface area contributed by atoms with Crippen LogP contribution in [0.4, 0.5) is 0 Å². The highest BCUT2D eigenvalue weighted by atomic mass is 16.5. The summed E-state index contributed by atoms with van der Waals surface area (Å²) in [7, 11) is 3.18. The van der Waals surface area contributed by atoms with Crippen molar-refractivity contribution in [2.45, 2.75) is 6.54 Å². The lowest BCUT2D eigenvalue weighted by Crippen LogP contribution is -2.31. The van der Waals surface area contributed by atoms with Crippen LogP contribution in [0.25, 0.3) is 10.9 Å². The van der Waals surface area contributed by atoms with Gasteiger partial charge < -0.3 is 14.4 Å². The Bertz CT molecular complexity index is 969. The van der Waals surface area contributed by atoms with Crippen molar-refractivity contribution in [3.05, 3.63) is 78.5 Å². The summed E-state index contributed by atoms with van der Waals surface area (Å²) < 4.78 is 10.6. The molecule has 1 heterocycles. The molecule has 0 saturated heterocycles. The smallest absolute Gasteiger partial charge is 0.273 e. The third-order valence-corrected chi connectivity index (χ3v) is 4.28. The predicted octanol–water partition coefficient (Wildman–Crippen LogP) is 4.08. The summed E-state index contributed by atoms with van der Waals surface area (Å²) in [5, 5.41) is 1.00. The van der Waals surface area contributed by atoms with Crippen LogP contribution in [0.15, 0.2) is 67.3 Å². The van der Waals surface area contributed by atoms with E-state index in [1.165, 1.54) is 0 Å². The summed E-state index contributed by atoms with van der Waals surface area (Å²) in [6.45, 7) is 4.60. The fraction of sp³-hybridized carbons (Fsp3) is 0.182. The number of nitrogens with zero attached hydrogens (tertiary/aromatic N) is 2. The van der Waals surface area contributed by atoms with Crippen molar-refractivity contribution in [1.82, 2.24) is 9.88 Å². The Balaban J connectivity index is 1.87. The van der Waals surface area contributed by atoms with Gasteiger partial charge in [-0.05, 0) is 29.8 Å². The van der Waals surface area contributed by atoms with E-state index in [0.717, 1.165) is 16.5 Å². The van der Waals surface area contributed by atoms with Gasteiger partial charge in [0, 0.05) is 18.5 Å². The van der Waals surface area contributed by atoms with Gasteiger partial charge >= 0.3 is 0 Å². The molecular weight excluding hydrogens is 340 g/mol. The highest BCUT2D eigenvalue weighted by Crippen LogP contribution is 2.28. The Kier molecular flexibility index (Phi) is 5.71. The van der Waals surface area contributed by atoms with Gasteiger partial charge in [-0.1, -0.05) is 36.4 Å². The molecule has 0 aliphatic carbocycles. The van der Waals surface area contributed by atoms with Gasteiger partial charge in [-0.15, -0.1) is 6.58 Å². The van der Waals surface area contributed by atoms with Gasteiger partial charge in [-0.25, -0.2) is 4.98 Å². The molecule has 0 aliphatic heterocycles. The number of hydrogen-bond donors (Lipinski definition) is 0. The lowest BCUT2D eigenvalue weighted by Gasteiger charge is -2.21. The molecule has 0 fully saturated rings. The van der Waals surface area contributed by atoms with Gasteiger partial charge in [0.25, 0.3) is 5.91 Å². The van der Waals surface area contributed by atoms with Crippen LogP contribution in [-0.2, 0) is 6.54 Å². The van der Waals surface area contributed by atoms with Crippen molar-refractivity contribution in [3.8, 4) is 11.5 Å². The zero-order chi connectivity index (χ0) is 19.2. The van der Waals surface area contributed by atoms with E-state index >= 15 is 0 Å². The molecule has 27 heavy (non-hydrogen) atoms. The molecule has 3 aromatic rings. The van der Waals surface area contributed by atoms with Crippen molar-refractivity contribution >= 4 is 16.8 Å². The quantitative estimate of drug-likeness (QED) is 0.594. The number of methoxy groups -OCH3 is 2. The molecule has 0 bridgehead atoms. The van der Waals surface area contributed by atoms with Crippen LogP contribution in [0.5, 0.6) is 11.5 Å². The molecule has 1 amide bonds. The summed E-state index contributed by atoms with van der Waals surface area (Å²) in [6.07, 6.45) is 1.71. The minimum Gasteiger partial charge on any atom is -0.493 e. The molecule has 0 spiro atoms. The van der Waals surface area contributed by atoms with Crippen LogP contribution in [0.2, 0.25) is 0 Å². The van der Waals surface area contributed by atoms with Crippen LogP contribution in [0, 0.1) is 0 Å². The summed E-state index contributed by atoms with van der Waals surface area (Å²) in [4.78, 5) is 19.2. The molecule has 1 aromatic heterocycles. The van der Waals surface area contributed by atoms with E-state index in [1.54, 1.807) is 31.3 Å². The molecule has 138 valence electrons. The monoisotopic (exact) mass is 362 g/mol. The maximum atomic E-state index is 13.0. The zero-order valence-corrected chi connectivity index (χ0v) is 15.5. The molecule has 0 unspecified atom stereocenters. The van der Waals surface area contributed by atoms with Gasteiger partial charge in [0.05, 0.1) is 19.7 Å². The number of rotatable bonds is 7. The first kappa shape index (κ1) is 18.5. The van der Waals surface area contributed by atoms with Crippen LogP contribution < -0.4 is 9.47 Å². The van der Waals surface area contributed by atoms with Gasteiger partial charge in [-0.2, -0.15) is 0 Å². The number of carbonyl (C=O) groups excluding carboxylic acids is 1. The van der Waals surface area contributed by atoms with Crippen LogP contribution >= 0.6 is 0 Å². The van der Waals surface area contributed by atoms with E-state index in [9.17, 15) is 4.79 Å².